The van der Waals surface area contributed by atoms with Crippen LogP contribution >= 0.6 is 0 Å². The van der Waals surface area contributed by atoms with Crippen molar-refractivity contribution in [1.82, 2.24) is 9.13 Å². The van der Waals surface area contributed by atoms with Gasteiger partial charge in [0.1, 0.15) is 16.7 Å². The fourth-order valence-corrected chi connectivity index (χ4v) is 9.43. The van der Waals surface area contributed by atoms with E-state index in [0.717, 1.165) is 99.6 Å². The second kappa shape index (κ2) is 15.8. The number of benzene rings is 8. The first-order valence-corrected chi connectivity index (χ1v) is 21.9. The Bertz CT molecular complexity index is 3590. The first-order chi connectivity index (χ1) is 30.7. The van der Waals surface area contributed by atoms with Crippen LogP contribution in [0.25, 0.3) is 116 Å². The lowest BCUT2D eigenvalue weighted by Crippen LogP contribution is -1.99. The Morgan fingerprint density at radius 1 is 0.435 bits per heavy atom. The van der Waals surface area contributed by atoms with E-state index in [1.165, 1.54) is 21.5 Å². The van der Waals surface area contributed by atoms with E-state index in [4.69, 9.17) is 8.83 Å². The Labute approximate surface area is 361 Å². The van der Waals surface area contributed by atoms with Gasteiger partial charge in [0.25, 0.3) is 0 Å². The highest BCUT2D eigenvalue weighted by molar-refractivity contribution is 6.19. The summed E-state index contributed by atoms with van der Waals surface area (Å²) >= 11 is 0. The van der Waals surface area contributed by atoms with Gasteiger partial charge in [-0.15, -0.1) is 0 Å². The number of furan rings is 2. The van der Waals surface area contributed by atoms with Crippen molar-refractivity contribution in [2.75, 3.05) is 0 Å². The molecule has 12 aromatic rings. The lowest BCUT2D eigenvalue weighted by Gasteiger charge is -2.14. The van der Waals surface area contributed by atoms with Crippen molar-refractivity contribution >= 4 is 93.1 Å². The summed E-state index contributed by atoms with van der Waals surface area (Å²) in [6.45, 7) is 12.2. The number of fused-ring (bicyclic) bond motifs is 12. The molecule has 0 saturated heterocycles. The Hall–Kier alpha value is -7.56. The van der Waals surface area contributed by atoms with Gasteiger partial charge in [0.15, 0.2) is 5.58 Å². The third-order valence-electron chi connectivity index (χ3n) is 12.0. The minimum Gasteiger partial charge on any atom is -0.455 e. The van der Waals surface area contributed by atoms with E-state index in [9.17, 15) is 0 Å². The van der Waals surface area contributed by atoms with E-state index in [1.807, 2.05) is 27.7 Å². The van der Waals surface area contributed by atoms with Crippen molar-refractivity contribution in [2.45, 2.75) is 41.5 Å². The monoisotopic (exact) mass is 804 g/mol. The van der Waals surface area contributed by atoms with Crippen LogP contribution in [0, 0.1) is 0 Å². The average molecular weight is 805 g/mol. The molecule has 0 amide bonds. The Morgan fingerprint density at radius 2 is 0.903 bits per heavy atom. The summed E-state index contributed by atoms with van der Waals surface area (Å²) in [6, 6.07) is 58.8. The van der Waals surface area contributed by atoms with Crippen molar-refractivity contribution < 1.29 is 8.83 Å². The van der Waals surface area contributed by atoms with Gasteiger partial charge in [-0.25, -0.2) is 0 Å². The molecule has 4 heteroatoms. The third-order valence-corrected chi connectivity index (χ3v) is 12.0. The van der Waals surface area contributed by atoms with Gasteiger partial charge in [0.2, 0.25) is 0 Å². The highest BCUT2D eigenvalue weighted by atomic mass is 16.3. The fourth-order valence-electron chi connectivity index (χ4n) is 9.43. The second-order valence-corrected chi connectivity index (χ2v) is 15.1. The molecule has 0 radical (unpaired) electrons. The molecule has 0 spiro atoms. The molecule has 0 aliphatic rings. The lowest BCUT2D eigenvalue weighted by molar-refractivity contribution is 0.663. The van der Waals surface area contributed by atoms with Gasteiger partial charge >= 0.3 is 0 Å². The molecule has 302 valence electrons. The van der Waals surface area contributed by atoms with Crippen molar-refractivity contribution in [1.29, 1.82) is 0 Å². The summed E-state index contributed by atoms with van der Waals surface area (Å²) < 4.78 is 18.9. The Kier molecular flexibility index (Phi) is 9.84. The van der Waals surface area contributed by atoms with Crippen LogP contribution in [0.4, 0.5) is 0 Å². The molecule has 0 bridgehead atoms. The van der Waals surface area contributed by atoms with Gasteiger partial charge in [-0.2, -0.15) is 0 Å². The molecule has 62 heavy (non-hydrogen) atoms. The number of rotatable bonds is 5. The van der Waals surface area contributed by atoms with Crippen LogP contribution in [-0.4, -0.2) is 9.13 Å². The largest absolute Gasteiger partial charge is 0.455 e. The van der Waals surface area contributed by atoms with Crippen LogP contribution in [-0.2, 0) is 0 Å². The van der Waals surface area contributed by atoms with Crippen LogP contribution in [0.2, 0.25) is 0 Å². The smallest absolute Gasteiger partial charge is 0.159 e. The first kappa shape index (κ1) is 38.6. The molecular weight excluding hydrogens is 757 g/mol. The molecule has 0 aliphatic carbocycles. The molecule has 0 atom stereocenters. The zero-order valence-corrected chi connectivity index (χ0v) is 36.0. The molecule has 0 fully saturated rings. The predicted molar refractivity (Wildman–Crippen MR) is 266 cm³/mol. The molecule has 0 unspecified atom stereocenters. The summed E-state index contributed by atoms with van der Waals surface area (Å²) in [6.07, 6.45) is 6.43. The van der Waals surface area contributed by atoms with Crippen molar-refractivity contribution in [3.8, 4) is 22.5 Å². The van der Waals surface area contributed by atoms with Crippen LogP contribution < -0.4 is 0 Å². The topological polar surface area (TPSA) is 36.1 Å². The summed E-state index contributed by atoms with van der Waals surface area (Å²) in [5.41, 5.74) is 14.5. The zero-order chi connectivity index (χ0) is 42.5. The molecule has 0 saturated carbocycles. The molecule has 0 aliphatic heterocycles. The minimum absolute atomic E-state index is 0.818. The maximum absolute atomic E-state index is 7.14. The number of allylic oxidation sites excluding steroid dienone is 4. The number of hydrogen-bond donors (Lipinski definition) is 0. The molecule has 12 rings (SSSR count). The Morgan fingerprint density at radius 3 is 1.42 bits per heavy atom. The zero-order valence-electron chi connectivity index (χ0n) is 36.0. The first-order valence-electron chi connectivity index (χ1n) is 21.9. The number of nitrogens with zero attached hydrogens (tertiary/aromatic N) is 2. The van der Waals surface area contributed by atoms with Gasteiger partial charge in [-0.05, 0) is 91.2 Å². The Balaban J connectivity index is 0.00000112. The molecule has 4 nitrogen and oxygen atoms in total. The standard InChI is InChI=1S/C54H36N2O2.2C2H6/c1-3-16-33(4-2)35-27-41(34-17-6-5-7-18-34)53-44(28-35)42-31-52-43(32-51(42)57-53)45-29-36(55-46-23-12-8-19-37(46)38-20-9-13-24-47(38)55)30-50(54(45)58-52)56-48-25-14-10-21-39(48)40-22-11-15-26-49(40)56;2*1-2/h3-32H,1-2H3;2*1-2H3/b16-3-,33-4+;;. The van der Waals surface area contributed by atoms with E-state index in [1.54, 1.807) is 0 Å². The second-order valence-electron chi connectivity index (χ2n) is 15.1. The van der Waals surface area contributed by atoms with Crippen LogP contribution in [0.3, 0.4) is 0 Å². The highest BCUT2D eigenvalue weighted by Gasteiger charge is 2.23. The van der Waals surface area contributed by atoms with Crippen LogP contribution in [0.5, 0.6) is 0 Å². The van der Waals surface area contributed by atoms with E-state index in [0.29, 0.717) is 0 Å². The summed E-state index contributed by atoms with van der Waals surface area (Å²) in [5.74, 6) is 0. The van der Waals surface area contributed by atoms with E-state index in [2.05, 4.69) is 205 Å². The van der Waals surface area contributed by atoms with Gasteiger partial charge in [-0.1, -0.05) is 149 Å². The van der Waals surface area contributed by atoms with E-state index >= 15 is 0 Å². The van der Waals surface area contributed by atoms with Crippen molar-refractivity contribution in [3.63, 3.8) is 0 Å². The maximum atomic E-state index is 7.14. The fraction of sp³-hybridized carbons (Fsp3) is 0.103. The summed E-state index contributed by atoms with van der Waals surface area (Å²) in [7, 11) is 0. The van der Waals surface area contributed by atoms with Gasteiger partial charge in [0.05, 0.1) is 27.8 Å². The summed E-state index contributed by atoms with van der Waals surface area (Å²) in [4.78, 5) is 0. The molecule has 4 aromatic heterocycles. The van der Waals surface area contributed by atoms with Gasteiger partial charge in [-0.3, -0.25) is 0 Å². The molecular formula is C58H48N2O2. The molecule has 0 N–H and O–H groups in total. The summed E-state index contributed by atoms with van der Waals surface area (Å²) in [5, 5.41) is 8.99. The van der Waals surface area contributed by atoms with E-state index in [-0.39, 0.29) is 0 Å². The minimum atomic E-state index is 0.818. The molecule has 8 aromatic carbocycles. The predicted octanol–water partition coefficient (Wildman–Crippen LogP) is 17.4. The van der Waals surface area contributed by atoms with Crippen LogP contribution in [0.15, 0.2) is 191 Å². The molecule has 4 heterocycles. The van der Waals surface area contributed by atoms with Crippen LogP contribution in [0.1, 0.15) is 47.1 Å². The van der Waals surface area contributed by atoms with Gasteiger partial charge < -0.3 is 18.0 Å². The highest BCUT2D eigenvalue weighted by Crippen LogP contribution is 2.45. The third kappa shape index (κ3) is 5.89. The normalized spacial score (nSPS) is 12.1. The number of para-hydroxylation sites is 4. The van der Waals surface area contributed by atoms with Crippen molar-refractivity contribution in [2.24, 2.45) is 0 Å². The quantitative estimate of drug-likeness (QED) is 0.162. The van der Waals surface area contributed by atoms with Crippen molar-refractivity contribution in [3.05, 3.63) is 188 Å². The number of hydrogen-bond acceptors (Lipinski definition) is 2. The number of aromatic nitrogens is 2. The maximum Gasteiger partial charge on any atom is 0.159 e. The van der Waals surface area contributed by atoms with Gasteiger partial charge in [0, 0.05) is 54.3 Å². The van der Waals surface area contributed by atoms with E-state index < -0.39 is 0 Å². The lowest BCUT2D eigenvalue weighted by atomic mass is 9.95. The SMILES string of the molecule is C/C=C\C(=C/C)c1cc(-c2ccccc2)c2oc3cc4c(cc3c2c1)oc1c(-n2c3ccccc3c3ccccc32)cc(-n2c3ccccc3c3ccccc32)cc14.CC.CC. The average Bonchev–Trinajstić information content (AvgIpc) is 4.08.